The Morgan fingerprint density at radius 2 is 1.11 bits per heavy atom. The van der Waals surface area contributed by atoms with Crippen LogP contribution in [0.1, 0.15) is 36.1 Å². The van der Waals surface area contributed by atoms with E-state index < -0.39 is 0 Å². The van der Waals surface area contributed by atoms with E-state index in [1.165, 1.54) is 44.3 Å². The number of hydrogen-bond acceptors (Lipinski definition) is 3. The topological polar surface area (TPSA) is 21.7 Å². The molecule has 0 bridgehead atoms. The summed E-state index contributed by atoms with van der Waals surface area (Å²) in [5.41, 5.74) is 14.2. The minimum Gasteiger partial charge on any atom is -0.458 e. The van der Waals surface area contributed by atoms with Crippen molar-refractivity contribution in [3.05, 3.63) is 144 Å². The standard InChI is InChI=1S/C41H32BNO2/c1-25-14-18-34-36(20-25)44-38-23-29(24-39-40(38)42(34)35-19-15-26(2)21-37(35)45-39)43(27-10-6-5-7-11-27)28-16-17-31-30-12-8-9-13-32(30)41(3,4)33(31)22-28/h5-24H,1-4H3. The second kappa shape index (κ2) is 9.39. The van der Waals surface area contributed by atoms with E-state index in [0.29, 0.717) is 0 Å². The number of hydrogen-bond donors (Lipinski definition) is 0. The average molecular weight is 582 g/mol. The third kappa shape index (κ3) is 3.85. The first-order valence-electron chi connectivity index (χ1n) is 15.7. The van der Waals surface area contributed by atoms with E-state index in [9.17, 15) is 0 Å². The van der Waals surface area contributed by atoms with Crippen LogP contribution < -0.4 is 30.8 Å². The van der Waals surface area contributed by atoms with Crippen LogP contribution in [0.25, 0.3) is 11.1 Å². The van der Waals surface area contributed by atoms with Crippen molar-refractivity contribution in [2.75, 3.05) is 4.90 Å². The van der Waals surface area contributed by atoms with Gasteiger partial charge in [0.1, 0.15) is 23.0 Å². The zero-order chi connectivity index (χ0) is 30.4. The first-order valence-corrected chi connectivity index (χ1v) is 15.7. The third-order valence-electron chi connectivity index (χ3n) is 9.88. The van der Waals surface area contributed by atoms with Crippen LogP contribution in [-0.2, 0) is 5.41 Å². The summed E-state index contributed by atoms with van der Waals surface area (Å²) in [6, 6.07) is 43.8. The normalized spacial score (nSPS) is 14.3. The van der Waals surface area contributed by atoms with Crippen molar-refractivity contribution in [3.63, 3.8) is 0 Å². The highest BCUT2D eigenvalue weighted by molar-refractivity contribution is 6.98. The Hall–Kier alpha value is -5.22. The van der Waals surface area contributed by atoms with E-state index >= 15 is 0 Å². The van der Waals surface area contributed by atoms with Crippen molar-refractivity contribution >= 4 is 40.2 Å². The Kier molecular flexibility index (Phi) is 5.47. The Labute approximate surface area is 264 Å². The molecular weight excluding hydrogens is 549 g/mol. The third-order valence-corrected chi connectivity index (χ3v) is 9.88. The number of benzene rings is 6. The molecule has 9 rings (SSSR count). The van der Waals surface area contributed by atoms with Crippen molar-refractivity contribution in [2.45, 2.75) is 33.1 Å². The number of rotatable bonds is 3. The van der Waals surface area contributed by atoms with Gasteiger partial charge in [0.15, 0.2) is 0 Å². The van der Waals surface area contributed by atoms with Gasteiger partial charge < -0.3 is 14.4 Å². The van der Waals surface area contributed by atoms with Crippen molar-refractivity contribution in [1.82, 2.24) is 0 Å². The van der Waals surface area contributed by atoms with Gasteiger partial charge in [0.05, 0.1) is 5.69 Å². The molecule has 6 aromatic rings. The molecule has 0 amide bonds. The molecule has 3 aliphatic rings. The second-order valence-electron chi connectivity index (χ2n) is 13.1. The van der Waals surface area contributed by atoms with E-state index in [4.69, 9.17) is 9.47 Å². The van der Waals surface area contributed by atoms with Crippen LogP contribution in [0.4, 0.5) is 17.1 Å². The van der Waals surface area contributed by atoms with Gasteiger partial charge in [0, 0.05) is 34.4 Å². The second-order valence-corrected chi connectivity index (χ2v) is 13.1. The van der Waals surface area contributed by atoms with Gasteiger partial charge in [-0.15, -0.1) is 0 Å². The molecule has 4 heteroatoms. The van der Waals surface area contributed by atoms with Gasteiger partial charge in [0.2, 0.25) is 0 Å². The van der Waals surface area contributed by atoms with E-state index in [2.05, 4.69) is 154 Å². The summed E-state index contributed by atoms with van der Waals surface area (Å²) in [6.07, 6.45) is 0. The Morgan fingerprint density at radius 3 is 1.78 bits per heavy atom. The first kappa shape index (κ1) is 26.2. The maximum Gasteiger partial charge on any atom is 0.260 e. The van der Waals surface area contributed by atoms with E-state index in [1.807, 2.05) is 0 Å². The van der Waals surface area contributed by atoms with Crippen LogP contribution in [0.2, 0.25) is 0 Å². The van der Waals surface area contributed by atoms with E-state index in [0.717, 1.165) is 45.5 Å². The van der Waals surface area contributed by atoms with Gasteiger partial charge in [-0.3, -0.25) is 0 Å². The van der Waals surface area contributed by atoms with Gasteiger partial charge in [-0.2, -0.15) is 0 Å². The number of ether oxygens (including phenoxy) is 2. The highest BCUT2D eigenvalue weighted by atomic mass is 16.5. The lowest BCUT2D eigenvalue weighted by molar-refractivity contribution is 0.464. The van der Waals surface area contributed by atoms with Crippen molar-refractivity contribution < 1.29 is 9.47 Å². The highest BCUT2D eigenvalue weighted by Gasteiger charge is 2.41. The van der Waals surface area contributed by atoms with Gasteiger partial charge >= 0.3 is 0 Å². The van der Waals surface area contributed by atoms with Crippen LogP contribution in [0.3, 0.4) is 0 Å². The molecule has 0 fully saturated rings. The maximum atomic E-state index is 6.75. The molecule has 0 saturated carbocycles. The largest absolute Gasteiger partial charge is 0.458 e. The molecular formula is C41H32BNO2. The maximum absolute atomic E-state index is 6.75. The minimum absolute atomic E-state index is 0.0437. The number of para-hydroxylation sites is 1. The monoisotopic (exact) mass is 581 g/mol. The predicted molar refractivity (Wildman–Crippen MR) is 186 cm³/mol. The number of anilines is 3. The predicted octanol–water partition coefficient (Wildman–Crippen LogP) is 8.81. The smallest absolute Gasteiger partial charge is 0.260 e. The summed E-state index contributed by atoms with van der Waals surface area (Å²) in [7, 11) is 0. The fourth-order valence-electron chi connectivity index (χ4n) is 7.68. The molecule has 0 N–H and O–H groups in total. The summed E-state index contributed by atoms with van der Waals surface area (Å²) in [5.74, 6) is 3.50. The molecule has 0 radical (unpaired) electrons. The number of aryl methyl sites for hydroxylation is 2. The molecule has 216 valence electrons. The average Bonchev–Trinajstić information content (AvgIpc) is 3.27. The Morgan fingerprint density at radius 1 is 0.511 bits per heavy atom. The molecule has 0 spiro atoms. The first-order chi connectivity index (χ1) is 21.9. The molecule has 1 aliphatic carbocycles. The molecule has 6 aromatic carbocycles. The molecule has 0 saturated heterocycles. The SMILES string of the molecule is Cc1ccc2c(c1)Oc1cc(N(c3ccccc3)c3ccc4c(c3)C(C)(C)c3ccccc3-4)cc3c1B2c1ccc(C)cc1O3. The number of nitrogens with zero attached hydrogens (tertiary/aromatic N) is 1. The summed E-state index contributed by atoms with van der Waals surface area (Å²) >= 11 is 0. The van der Waals surface area contributed by atoms with Crippen molar-refractivity contribution in [3.8, 4) is 34.1 Å². The van der Waals surface area contributed by atoms with E-state index in [1.54, 1.807) is 0 Å². The molecule has 2 heterocycles. The summed E-state index contributed by atoms with van der Waals surface area (Å²) in [4.78, 5) is 2.33. The Balaban J connectivity index is 1.26. The quantitative estimate of drug-likeness (QED) is 0.195. The van der Waals surface area contributed by atoms with Gasteiger partial charge in [-0.25, -0.2) is 0 Å². The van der Waals surface area contributed by atoms with Crippen LogP contribution >= 0.6 is 0 Å². The molecule has 45 heavy (non-hydrogen) atoms. The lowest BCUT2D eigenvalue weighted by Crippen LogP contribution is -2.57. The van der Waals surface area contributed by atoms with Crippen LogP contribution in [-0.4, -0.2) is 6.71 Å². The lowest BCUT2D eigenvalue weighted by atomic mass is 9.35. The van der Waals surface area contributed by atoms with E-state index in [-0.39, 0.29) is 12.1 Å². The van der Waals surface area contributed by atoms with Crippen LogP contribution in [0, 0.1) is 13.8 Å². The zero-order valence-electron chi connectivity index (χ0n) is 25.9. The fourth-order valence-corrected chi connectivity index (χ4v) is 7.68. The zero-order valence-corrected chi connectivity index (χ0v) is 25.9. The van der Waals surface area contributed by atoms with Crippen molar-refractivity contribution in [1.29, 1.82) is 0 Å². The lowest BCUT2D eigenvalue weighted by Gasteiger charge is -2.35. The summed E-state index contributed by atoms with van der Waals surface area (Å²) in [5, 5.41) is 0. The molecule has 3 nitrogen and oxygen atoms in total. The van der Waals surface area contributed by atoms with Crippen LogP contribution in [0.15, 0.2) is 121 Å². The van der Waals surface area contributed by atoms with Gasteiger partial charge in [0.25, 0.3) is 6.71 Å². The Bertz CT molecular complexity index is 2110. The van der Waals surface area contributed by atoms with Crippen LogP contribution in [0.5, 0.6) is 23.0 Å². The fraction of sp³-hybridized carbons (Fsp3) is 0.122. The molecule has 2 aliphatic heterocycles. The van der Waals surface area contributed by atoms with Gasteiger partial charge in [-0.05, 0) is 94.6 Å². The number of fused-ring (bicyclic) bond motifs is 7. The minimum atomic E-state index is -0.102. The highest BCUT2D eigenvalue weighted by Crippen LogP contribution is 2.51. The van der Waals surface area contributed by atoms with Crippen molar-refractivity contribution in [2.24, 2.45) is 0 Å². The molecule has 0 atom stereocenters. The molecule has 0 unspecified atom stereocenters. The summed E-state index contributed by atoms with van der Waals surface area (Å²) in [6.45, 7) is 8.94. The summed E-state index contributed by atoms with van der Waals surface area (Å²) < 4.78 is 13.5. The van der Waals surface area contributed by atoms with Gasteiger partial charge in [-0.1, -0.05) is 86.6 Å². The molecule has 0 aromatic heterocycles.